The molecular formula is C15H18BrN3O3. The molecule has 2 aromatic rings. The second kappa shape index (κ2) is 7.95. The Bertz CT molecular complexity index is 613. The van der Waals surface area contributed by atoms with Crippen LogP contribution in [0.25, 0.3) is 0 Å². The van der Waals surface area contributed by atoms with Gasteiger partial charge in [-0.1, -0.05) is 21.1 Å². The Hall–Kier alpha value is -1.86. The van der Waals surface area contributed by atoms with E-state index in [0.717, 1.165) is 15.9 Å². The molecule has 1 N–H and O–H groups in total. The van der Waals surface area contributed by atoms with Crippen LogP contribution in [-0.4, -0.2) is 42.7 Å². The number of ether oxygens (including phenoxy) is 1. The third kappa shape index (κ3) is 5.50. The average Bonchev–Trinajstić information content (AvgIpc) is 2.86. The molecule has 118 valence electrons. The Labute approximate surface area is 137 Å². The molecule has 0 saturated heterocycles. The molecule has 0 radical (unpaired) electrons. The SMILES string of the molecule is Cc1cc(NC(=O)CN(C)CCOc2ccc(Br)cc2)on1. The van der Waals surface area contributed by atoms with Gasteiger partial charge in [-0.15, -0.1) is 0 Å². The van der Waals surface area contributed by atoms with Crippen LogP contribution in [0.15, 0.2) is 39.3 Å². The highest BCUT2D eigenvalue weighted by molar-refractivity contribution is 9.10. The normalized spacial score (nSPS) is 10.7. The fourth-order valence-corrected chi connectivity index (χ4v) is 2.04. The van der Waals surface area contributed by atoms with Crippen LogP contribution in [0.3, 0.4) is 0 Å². The first-order chi connectivity index (χ1) is 10.5. The van der Waals surface area contributed by atoms with Crippen molar-refractivity contribution in [2.24, 2.45) is 0 Å². The van der Waals surface area contributed by atoms with Crippen LogP contribution in [0.4, 0.5) is 5.88 Å². The van der Waals surface area contributed by atoms with Gasteiger partial charge in [0, 0.05) is 17.1 Å². The lowest BCUT2D eigenvalue weighted by Crippen LogP contribution is -2.33. The zero-order valence-corrected chi connectivity index (χ0v) is 14.1. The molecule has 22 heavy (non-hydrogen) atoms. The zero-order chi connectivity index (χ0) is 15.9. The van der Waals surface area contributed by atoms with Gasteiger partial charge in [0.25, 0.3) is 0 Å². The van der Waals surface area contributed by atoms with Gasteiger partial charge in [-0.25, -0.2) is 0 Å². The molecule has 0 aliphatic heterocycles. The maximum absolute atomic E-state index is 11.8. The van der Waals surface area contributed by atoms with E-state index < -0.39 is 0 Å². The van der Waals surface area contributed by atoms with Crippen molar-refractivity contribution < 1.29 is 14.1 Å². The summed E-state index contributed by atoms with van der Waals surface area (Å²) in [5, 5.41) is 6.36. The molecule has 6 nitrogen and oxygen atoms in total. The predicted molar refractivity (Wildman–Crippen MR) is 87.0 cm³/mol. The first kappa shape index (κ1) is 16.5. The van der Waals surface area contributed by atoms with Gasteiger partial charge < -0.3 is 9.26 Å². The Morgan fingerprint density at radius 2 is 2.14 bits per heavy atom. The van der Waals surface area contributed by atoms with E-state index in [0.29, 0.717) is 19.0 Å². The number of aryl methyl sites for hydroxylation is 1. The van der Waals surface area contributed by atoms with E-state index in [2.05, 4.69) is 26.4 Å². The second-order valence-corrected chi connectivity index (χ2v) is 5.84. The highest BCUT2D eigenvalue weighted by Gasteiger charge is 2.09. The number of carbonyl (C=O) groups excluding carboxylic acids is 1. The minimum absolute atomic E-state index is 0.151. The van der Waals surface area contributed by atoms with Crippen molar-refractivity contribution in [1.29, 1.82) is 0 Å². The highest BCUT2D eigenvalue weighted by atomic mass is 79.9. The molecule has 1 amide bonds. The lowest BCUT2D eigenvalue weighted by atomic mass is 10.3. The lowest BCUT2D eigenvalue weighted by molar-refractivity contribution is -0.117. The summed E-state index contributed by atoms with van der Waals surface area (Å²) < 4.78 is 11.6. The molecule has 1 aromatic heterocycles. The number of carbonyl (C=O) groups is 1. The van der Waals surface area contributed by atoms with Gasteiger partial charge >= 0.3 is 0 Å². The first-order valence-electron chi connectivity index (χ1n) is 6.83. The third-order valence-corrected chi connectivity index (χ3v) is 3.39. The number of hydrogen-bond donors (Lipinski definition) is 1. The summed E-state index contributed by atoms with van der Waals surface area (Å²) in [5.41, 5.74) is 0.728. The highest BCUT2D eigenvalue weighted by Crippen LogP contribution is 2.15. The number of benzene rings is 1. The van der Waals surface area contributed by atoms with Crippen LogP contribution in [0.2, 0.25) is 0 Å². The molecule has 0 aliphatic carbocycles. The molecule has 0 spiro atoms. The van der Waals surface area contributed by atoms with Crippen molar-refractivity contribution in [3.8, 4) is 5.75 Å². The van der Waals surface area contributed by atoms with Crippen LogP contribution < -0.4 is 10.1 Å². The van der Waals surface area contributed by atoms with Gasteiger partial charge in [0.15, 0.2) is 0 Å². The summed E-state index contributed by atoms with van der Waals surface area (Å²) in [6.45, 7) is 3.19. The minimum atomic E-state index is -0.151. The van der Waals surface area contributed by atoms with Crippen molar-refractivity contribution in [3.63, 3.8) is 0 Å². The standard InChI is InChI=1S/C15H18BrN3O3/c1-11-9-15(22-18-11)17-14(20)10-19(2)7-8-21-13-5-3-12(16)4-6-13/h3-6,9H,7-8,10H2,1-2H3,(H,17,20). The summed E-state index contributed by atoms with van der Waals surface area (Å²) in [6.07, 6.45) is 0. The predicted octanol–water partition coefficient (Wildman–Crippen LogP) is 2.69. The van der Waals surface area contributed by atoms with Crippen molar-refractivity contribution in [2.45, 2.75) is 6.92 Å². The van der Waals surface area contributed by atoms with Crippen molar-refractivity contribution in [1.82, 2.24) is 10.1 Å². The number of likely N-dealkylation sites (N-methyl/N-ethyl adjacent to an activating group) is 1. The topological polar surface area (TPSA) is 67.6 Å². The lowest BCUT2D eigenvalue weighted by Gasteiger charge is -2.16. The summed E-state index contributed by atoms with van der Waals surface area (Å²) >= 11 is 3.37. The van der Waals surface area contributed by atoms with Crippen LogP contribution in [0, 0.1) is 6.92 Å². The number of halogens is 1. The molecule has 0 fully saturated rings. The molecule has 1 heterocycles. The van der Waals surface area contributed by atoms with E-state index in [9.17, 15) is 4.79 Å². The van der Waals surface area contributed by atoms with Gasteiger partial charge in [-0.3, -0.25) is 15.0 Å². The molecule has 0 aliphatic rings. The van der Waals surface area contributed by atoms with Crippen molar-refractivity contribution >= 4 is 27.7 Å². The molecule has 2 rings (SSSR count). The summed E-state index contributed by atoms with van der Waals surface area (Å²) in [6, 6.07) is 9.30. The fourth-order valence-electron chi connectivity index (χ4n) is 1.77. The average molecular weight is 368 g/mol. The quantitative estimate of drug-likeness (QED) is 0.814. The molecule has 0 saturated carbocycles. The molecule has 7 heteroatoms. The third-order valence-electron chi connectivity index (χ3n) is 2.86. The van der Waals surface area contributed by atoms with Gasteiger partial charge in [0.2, 0.25) is 11.8 Å². The van der Waals surface area contributed by atoms with E-state index in [1.54, 1.807) is 13.0 Å². The Morgan fingerprint density at radius 1 is 1.41 bits per heavy atom. The van der Waals surface area contributed by atoms with Crippen LogP contribution in [-0.2, 0) is 4.79 Å². The minimum Gasteiger partial charge on any atom is -0.492 e. The van der Waals surface area contributed by atoms with E-state index in [4.69, 9.17) is 9.26 Å². The number of nitrogens with one attached hydrogen (secondary N) is 1. The molecule has 0 bridgehead atoms. The maximum atomic E-state index is 11.8. The maximum Gasteiger partial charge on any atom is 0.240 e. The largest absolute Gasteiger partial charge is 0.492 e. The second-order valence-electron chi connectivity index (χ2n) is 4.92. The monoisotopic (exact) mass is 367 g/mol. The van der Waals surface area contributed by atoms with E-state index in [1.807, 2.05) is 36.2 Å². The number of rotatable bonds is 7. The molecular weight excluding hydrogens is 350 g/mol. The zero-order valence-electron chi connectivity index (χ0n) is 12.5. The Balaban J connectivity index is 1.67. The van der Waals surface area contributed by atoms with E-state index >= 15 is 0 Å². The number of nitrogens with zero attached hydrogens (tertiary/aromatic N) is 2. The van der Waals surface area contributed by atoms with Crippen molar-refractivity contribution in [3.05, 3.63) is 40.5 Å². The Kier molecular flexibility index (Phi) is 5.97. The molecule has 0 unspecified atom stereocenters. The molecule has 1 aromatic carbocycles. The Morgan fingerprint density at radius 3 is 2.77 bits per heavy atom. The smallest absolute Gasteiger partial charge is 0.240 e. The summed E-state index contributed by atoms with van der Waals surface area (Å²) in [5.74, 6) is 1.02. The van der Waals surface area contributed by atoms with Crippen molar-refractivity contribution in [2.75, 3.05) is 32.1 Å². The van der Waals surface area contributed by atoms with Crippen LogP contribution >= 0.6 is 15.9 Å². The fraction of sp³-hybridized carbons (Fsp3) is 0.333. The van der Waals surface area contributed by atoms with Gasteiger partial charge in [0.1, 0.15) is 12.4 Å². The molecule has 0 atom stereocenters. The summed E-state index contributed by atoms with van der Waals surface area (Å²) in [4.78, 5) is 13.7. The number of aromatic nitrogens is 1. The number of hydrogen-bond acceptors (Lipinski definition) is 5. The number of anilines is 1. The van der Waals surface area contributed by atoms with E-state index in [1.165, 1.54) is 0 Å². The van der Waals surface area contributed by atoms with Gasteiger partial charge in [-0.05, 0) is 38.2 Å². The summed E-state index contributed by atoms with van der Waals surface area (Å²) in [7, 11) is 1.86. The van der Waals surface area contributed by atoms with Gasteiger partial charge in [0.05, 0.1) is 12.2 Å². The number of amides is 1. The van der Waals surface area contributed by atoms with Crippen LogP contribution in [0.5, 0.6) is 5.75 Å². The van der Waals surface area contributed by atoms with Crippen LogP contribution in [0.1, 0.15) is 5.69 Å². The van der Waals surface area contributed by atoms with E-state index in [-0.39, 0.29) is 12.5 Å². The first-order valence-corrected chi connectivity index (χ1v) is 7.62. The van der Waals surface area contributed by atoms with Gasteiger partial charge in [-0.2, -0.15) is 0 Å².